The molecule has 31 heavy (non-hydrogen) atoms. The summed E-state index contributed by atoms with van der Waals surface area (Å²) in [5.74, 6) is 0. The summed E-state index contributed by atoms with van der Waals surface area (Å²) in [5, 5.41) is 8.87. The van der Waals surface area contributed by atoms with E-state index in [0.717, 1.165) is 0 Å². The molecular formula is C20H30N5O5P. The summed E-state index contributed by atoms with van der Waals surface area (Å²) in [4.78, 5) is 29.3. The molecule has 0 bridgehead atoms. The average molecular weight is 451 g/mol. The molecule has 0 aliphatic carbocycles. The Hall–Kier alpha value is -2.07. The predicted octanol–water partition coefficient (Wildman–Crippen LogP) is 3.45. The van der Waals surface area contributed by atoms with Crippen molar-refractivity contribution in [1.82, 2.24) is 14.2 Å². The summed E-state index contributed by atoms with van der Waals surface area (Å²) in [6.07, 6.45) is 1.21. The molecule has 1 saturated heterocycles. The van der Waals surface area contributed by atoms with Crippen LogP contribution in [0.2, 0.25) is 0 Å². The van der Waals surface area contributed by atoms with E-state index in [1.165, 1.54) is 10.8 Å². The third kappa shape index (κ3) is 6.22. The summed E-state index contributed by atoms with van der Waals surface area (Å²) in [5.41, 5.74) is -1.52. The number of aromatic amines is 1. The number of H-pyrrole nitrogens is 1. The molecule has 0 amide bonds. The van der Waals surface area contributed by atoms with Crippen LogP contribution in [-0.2, 0) is 13.8 Å². The maximum atomic E-state index is 12.3. The van der Waals surface area contributed by atoms with Crippen LogP contribution in [0.3, 0.4) is 0 Å². The van der Waals surface area contributed by atoms with Gasteiger partial charge in [-0.2, -0.15) is 5.26 Å². The Morgan fingerprint density at radius 1 is 1.42 bits per heavy atom. The summed E-state index contributed by atoms with van der Waals surface area (Å²) >= 11 is 0. The largest absolute Gasteiger partial charge is 0.352 e. The molecule has 4 atom stereocenters. The Labute approximate surface area is 183 Å². The lowest BCUT2D eigenvalue weighted by molar-refractivity contribution is -0.0200. The van der Waals surface area contributed by atoms with Crippen molar-refractivity contribution in [2.75, 3.05) is 6.61 Å². The molecule has 1 aliphatic rings. The van der Waals surface area contributed by atoms with Gasteiger partial charge in [-0.1, -0.05) is 6.92 Å². The third-order valence-electron chi connectivity index (χ3n) is 4.85. The van der Waals surface area contributed by atoms with Gasteiger partial charge in [0, 0.05) is 24.7 Å². The van der Waals surface area contributed by atoms with E-state index in [9.17, 15) is 9.59 Å². The Balaban J connectivity index is 2.27. The fraction of sp³-hybridized carbons (Fsp3) is 0.700. The van der Waals surface area contributed by atoms with Crippen molar-refractivity contribution >= 4 is 14.2 Å². The van der Waals surface area contributed by atoms with Crippen molar-refractivity contribution in [2.45, 2.75) is 84.4 Å². The highest BCUT2D eigenvalue weighted by atomic mass is 31.2. The monoisotopic (exact) mass is 451 g/mol. The fourth-order valence-electron chi connectivity index (χ4n) is 3.52. The molecule has 11 heteroatoms. The van der Waals surface area contributed by atoms with Crippen molar-refractivity contribution in [1.29, 1.82) is 5.26 Å². The van der Waals surface area contributed by atoms with E-state index in [1.54, 1.807) is 0 Å². The molecule has 0 saturated carbocycles. The first-order valence-electron chi connectivity index (χ1n) is 10.4. The van der Waals surface area contributed by atoms with E-state index >= 15 is 0 Å². The van der Waals surface area contributed by atoms with Gasteiger partial charge in [-0.25, -0.2) is 14.3 Å². The minimum atomic E-state index is -1.46. The van der Waals surface area contributed by atoms with Crippen LogP contribution in [0.4, 0.5) is 5.69 Å². The normalized spacial score (nSPS) is 22.1. The summed E-state index contributed by atoms with van der Waals surface area (Å²) in [6, 6.07) is 2.40. The van der Waals surface area contributed by atoms with Crippen LogP contribution in [0.5, 0.6) is 0 Å². The number of rotatable bonds is 10. The number of nitrogens with zero attached hydrogens (tertiary/aromatic N) is 4. The molecule has 170 valence electrons. The van der Waals surface area contributed by atoms with Gasteiger partial charge in [0.1, 0.15) is 6.23 Å². The van der Waals surface area contributed by atoms with Gasteiger partial charge in [0.25, 0.3) is 19.8 Å². The minimum Gasteiger partial charge on any atom is -0.352 e. The van der Waals surface area contributed by atoms with Gasteiger partial charge in [-0.15, -0.1) is 0 Å². The molecule has 1 unspecified atom stereocenters. The zero-order valence-corrected chi connectivity index (χ0v) is 19.5. The molecule has 1 N–H and O–H groups in total. The number of aromatic nitrogens is 2. The average Bonchev–Trinajstić information content (AvgIpc) is 3.10. The molecular weight excluding hydrogens is 421 g/mol. The zero-order valence-electron chi connectivity index (χ0n) is 18.6. The number of nitriles is 1. The Kier molecular flexibility index (Phi) is 9.36. The van der Waals surface area contributed by atoms with Gasteiger partial charge < -0.3 is 13.8 Å². The smallest absolute Gasteiger partial charge is 0.328 e. The van der Waals surface area contributed by atoms with E-state index < -0.39 is 26.0 Å². The summed E-state index contributed by atoms with van der Waals surface area (Å²) < 4.78 is 21.8. The van der Waals surface area contributed by atoms with Crippen LogP contribution in [0.25, 0.3) is 4.85 Å². The molecule has 0 aromatic carbocycles. The first kappa shape index (κ1) is 25.2. The minimum absolute atomic E-state index is 0.162. The van der Waals surface area contributed by atoms with Crippen LogP contribution >= 0.6 is 8.53 Å². The molecule has 1 aromatic heterocycles. The van der Waals surface area contributed by atoms with Gasteiger partial charge in [0.2, 0.25) is 0 Å². The van der Waals surface area contributed by atoms with Crippen LogP contribution in [0.15, 0.2) is 15.8 Å². The van der Waals surface area contributed by atoms with Crippen molar-refractivity contribution < 1.29 is 13.8 Å². The van der Waals surface area contributed by atoms with E-state index in [4.69, 9.17) is 25.6 Å². The van der Waals surface area contributed by atoms with E-state index in [2.05, 4.69) is 48.3 Å². The van der Waals surface area contributed by atoms with Crippen LogP contribution < -0.4 is 11.2 Å². The lowest BCUT2D eigenvalue weighted by Crippen LogP contribution is -2.35. The highest BCUT2D eigenvalue weighted by Crippen LogP contribution is 2.50. The zero-order chi connectivity index (χ0) is 23.1. The van der Waals surface area contributed by atoms with Crippen molar-refractivity contribution in [2.24, 2.45) is 0 Å². The Bertz CT molecular complexity index is 924. The number of nitrogens with one attached hydrogen (secondary N) is 1. The Morgan fingerprint density at radius 2 is 2.10 bits per heavy atom. The molecule has 2 rings (SSSR count). The highest BCUT2D eigenvalue weighted by Gasteiger charge is 2.40. The molecule has 1 fully saturated rings. The highest BCUT2D eigenvalue weighted by molar-refractivity contribution is 7.44. The van der Waals surface area contributed by atoms with E-state index in [0.29, 0.717) is 12.8 Å². The summed E-state index contributed by atoms with van der Waals surface area (Å²) in [7, 11) is -1.46. The van der Waals surface area contributed by atoms with Crippen molar-refractivity contribution in [3.63, 3.8) is 0 Å². The molecule has 1 aromatic rings. The number of hydrogen-bond acceptors (Lipinski definition) is 7. The van der Waals surface area contributed by atoms with Gasteiger partial charge in [-0.3, -0.25) is 14.3 Å². The Morgan fingerprint density at radius 3 is 2.65 bits per heavy atom. The summed E-state index contributed by atoms with van der Waals surface area (Å²) in [6.45, 7) is 17.6. The van der Waals surface area contributed by atoms with Gasteiger partial charge in [-0.05, 0) is 34.1 Å². The first-order valence-corrected chi connectivity index (χ1v) is 11.5. The van der Waals surface area contributed by atoms with Crippen molar-refractivity contribution in [3.8, 4) is 6.07 Å². The standard InChI is InChI=1S/C20H30N5O5P/c1-7-16-17(30-31(28-10-8-9-21)25(13(2)3)14(4)5)11-18(29-16)24-12-15(22-6)19(26)23-20(24)27/h12-14,16-18H,7-8,10-11H2,1-5H3,(H,23,26,27)/t16-,17-,18-,31?/m1/s1. The molecule has 10 nitrogen and oxygen atoms in total. The van der Waals surface area contributed by atoms with Crippen LogP contribution in [0, 0.1) is 17.9 Å². The lowest BCUT2D eigenvalue weighted by Gasteiger charge is -2.37. The number of ether oxygens (including phenoxy) is 1. The second-order valence-corrected chi connectivity index (χ2v) is 9.16. The molecule has 0 spiro atoms. The molecule has 0 radical (unpaired) electrons. The third-order valence-corrected chi connectivity index (χ3v) is 7.01. The molecule has 1 aliphatic heterocycles. The van der Waals surface area contributed by atoms with Crippen LogP contribution in [-0.4, -0.2) is 45.1 Å². The maximum Gasteiger partial charge on any atom is 0.328 e. The topological polar surface area (TPSA) is 114 Å². The van der Waals surface area contributed by atoms with E-state index in [-0.39, 0.29) is 43.0 Å². The number of hydrogen-bond donors (Lipinski definition) is 1. The second-order valence-electron chi connectivity index (χ2n) is 7.76. The first-order chi connectivity index (χ1) is 14.7. The van der Waals surface area contributed by atoms with Gasteiger partial charge >= 0.3 is 5.69 Å². The van der Waals surface area contributed by atoms with Gasteiger partial charge in [0.05, 0.1) is 37.9 Å². The predicted molar refractivity (Wildman–Crippen MR) is 116 cm³/mol. The second kappa shape index (κ2) is 11.5. The van der Waals surface area contributed by atoms with E-state index in [1.807, 2.05) is 6.92 Å². The SMILES string of the molecule is [C-]#[N+]c1cn([C@H]2C[C@@H](OP(OCCC#N)N(C(C)C)C(C)C)[C@@H](CC)O2)c(=O)[nH]c1=O. The van der Waals surface area contributed by atoms with Crippen LogP contribution in [0.1, 0.15) is 60.1 Å². The molecule has 2 heterocycles. The maximum absolute atomic E-state index is 12.3. The quantitative estimate of drug-likeness (QED) is 0.329. The fourth-order valence-corrected chi connectivity index (χ4v) is 5.28. The van der Waals surface area contributed by atoms with Gasteiger partial charge in [0.15, 0.2) is 0 Å². The van der Waals surface area contributed by atoms with Crippen molar-refractivity contribution in [3.05, 3.63) is 38.5 Å². The lowest BCUT2D eigenvalue weighted by atomic mass is 10.1.